The van der Waals surface area contributed by atoms with Crippen LogP contribution in [0.25, 0.3) is 0 Å². The number of rotatable bonds is 3. The van der Waals surface area contributed by atoms with E-state index >= 15 is 0 Å². The molecule has 0 saturated carbocycles. The van der Waals surface area contributed by atoms with Gasteiger partial charge >= 0.3 is 0 Å². The summed E-state index contributed by atoms with van der Waals surface area (Å²) in [7, 11) is -4.02. The zero-order valence-corrected chi connectivity index (χ0v) is 15.4. The Morgan fingerprint density at radius 3 is 2.19 bits per heavy atom. The molecule has 1 amide bonds. The number of benzene rings is 2. The molecule has 2 aromatic carbocycles. The minimum absolute atomic E-state index is 0.0219. The van der Waals surface area contributed by atoms with Crippen molar-refractivity contribution in [2.75, 3.05) is 26.2 Å². The van der Waals surface area contributed by atoms with E-state index < -0.39 is 33.4 Å². The van der Waals surface area contributed by atoms with Crippen LogP contribution < -0.4 is 0 Å². The molecule has 1 fully saturated rings. The standard InChI is InChI=1S/C17H14ClF3N2O3S/c18-14-9-11(19)1-3-13(14)17(24)22-5-7-23(8-6-22)27(25,26)12-2-4-15(20)16(21)10-12/h1-4,9-10H,5-8H2. The average Bonchev–Trinajstić information content (AvgIpc) is 2.63. The molecule has 0 N–H and O–H groups in total. The van der Waals surface area contributed by atoms with Crippen LogP contribution in [-0.2, 0) is 10.0 Å². The minimum Gasteiger partial charge on any atom is -0.336 e. The number of halogens is 4. The Bertz CT molecular complexity index is 993. The summed E-state index contributed by atoms with van der Waals surface area (Å²) in [6.07, 6.45) is 0. The van der Waals surface area contributed by atoms with Gasteiger partial charge in [-0.3, -0.25) is 4.79 Å². The quantitative estimate of drug-likeness (QED) is 0.770. The van der Waals surface area contributed by atoms with Gasteiger partial charge in [-0.05, 0) is 36.4 Å². The van der Waals surface area contributed by atoms with Crippen LogP contribution in [-0.4, -0.2) is 49.7 Å². The molecule has 27 heavy (non-hydrogen) atoms. The summed E-state index contributed by atoms with van der Waals surface area (Å²) in [4.78, 5) is 13.5. The predicted molar refractivity (Wildman–Crippen MR) is 92.4 cm³/mol. The summed E-state index contributed by atoms with van der Waals surface area (Å²) in [5.74, 6) is -3.40. The first-order valence-corrected chi connectivity index (χ1v) is 9.71. The highest BCUT2D eigenvalue weighted by Crippen LogP contribution is 2.23. The van der Waals surface area contributed by atoms with Crippen molar-refractivity contribution >= 4 is 27.5 Å². The maximum Gasteiger partial charge on any atom is 0.255 e. The molecule has 10 heteroatoms. The highest BCUT2D eigenvalue weighted by Gasteiger charge is 2.31. The molecular formula is C17H14ClF3N2O3S. The van der Waals surface area contributed by atoms with Crippen LogP contribution in [0.1, 0.15) is 10.4 Å². The SMILES string of the molecule is O=C(c1ccc(F)cc1Cl)N1CCN(S(=O)(=O)c2ccc(F)c(F)c2)CC1. The number of sulfonamides is 1. The second-order valence-electron chi connectivity index (χ2n) is 5.90. The molecular weight excluding hydrogens is 405 g/mol. The fourth-order valence-electron chi connectivity index (χ4n) is 2.75. The molecule has 0 aromatic heterocycles. The van der Waals surface area contributed by atoms with E-state index in [-0.39, 0.29) is 41.7 Å². The Hall–Kier alpha value is -2.10. The van der Waals surface area contributed by atoms with Crippen LogP contribution in [0.5, 0.6) is 0 Å². The van der Waals surface area contributed by atoms with E-state index in [1.54, 1.807) is 0 Å². The van der Waals surface area contributed by atoms with Crippen molar-refractivity contribution in [3.63, 3.8) is 0 Å². The largest absolute Gasteiger partial charge is 0.336 e. The molecule has 1 heterocycles. The molecule has 0 aliphatic carbocycles. The van der Waals surface area contributed by atoms with Gasteiger partial charge in [0.15, 0.2) is 11.6 Å². The molecule has 1 aliphatic rings. The van der Waals surface area contributed by atoms with Gasteiger partial charge in [0.1, 0.15) is 5.82 Å². The number of carbonyl (C=O) groups excluding carboxylic acids is 1. The number of piperazine rings is 1. The van der Waals surface area contributed by atoms with Crippen molar-refractivity contribution in [2.24, 2.45) is 0 Å². The molecule has 3 rings (SSSR count). The first-order chi connectivity index (χ1) is 12.7. The van der Waals surface area contributed by atoms with Crippen molar-refractivity contribution in [3.05, 3.63) is 64.4 Å². The molecule has 2 aromatic rings. The summed E-state index contributed by atoms with van der Waals surface area (Å²) >= 11 is 5.89. The van der Waals surface area contributed by atoms with Gasteiger partial charge in [0.2, 0.25) is 10.0 Å². The Balaban J connectivity index is 1.72. The molecule has 0 radical (unpaired) electrons. The Morgan fingerprint density at radius 1 is 0.926 bits per heavy atom. The van der Waals surface area contributed by atoms with Gasteiger partial charge in [-0.15, -0.1) is 0 Å². The molecule has 0 atom stereocenters. The van der Waals surface area contributed by atoms with Gasteiger partial charge in [-0.25, -0.2) is 21.6 Å². The summed E-state index contributed by atoms with van der Waals surface area (Å²) in [6, 6.07) is 5.77. The normalized spacial score (nSPS) is 15.8. The van der Waals surface area contributed by atoms with Gasteiger partial charge in [-0.2, -0.15) is 4.31 Å². The number of carbonyl (C=O) groups is 1. The lowest BCUT2D eigenvalue weighted by molar-refractivity contribution is 0.0698. The Kier molecular flexibility index (Phi) is 5.45. The number of amides is 1. The highest BCUT2D eigenvalue weighted by molar-refractivity contribution is 7.89. The topological polar surface area (TPSA) is 57.7 Å². The number of hydrogen-bond donors (Lipinski definition) is 0. The van der Waals surface area contributed by atoms with Crippen molar-refractivity contribution < 1.29 is 26.4 Å². The fourth-order valence-corrected chi connectivity index (χ4v) is 4.43. The molecule has 0 unspecified atom stereocenters. The lowest BCUT2D eigenvalue weighted by Crippen LogP contribution is -2.50. The van der Waals surface area contributed by atoms with Crippen LogP contribution in [0, 0.1) is 17.5 Å². The van der Waals surface area contributed by atoms with Crippen LogP contribution >= 0.6 is 11.6 Å². The van der Waals surface area contributed by atoms with Gasteiger partial charge < -0.3 is 4.90 Å². The lowest BCUT2D eigenvalue weighted by Gasteiger charge is -2.34. The van der Waals surface area contributed by atoms with Crippen molar-refractivity contribution in [2.45, 2.75) is 4.90 Å². The second kappa shape index (κ2) is 7.49. The third kappa shape index (κ3) is 3.95. The second-order valence-corrected chi connectivity index (χ2v) is 8.24. The molecule has 1 aliphatic heterocycles. The molecule has 144 valence electrons. The first-order valence-electron chi connectivity index (χ1n) is 7.89. The smallest absolute Gasteiger partial charge is 0.255 e. The maximum absolute atomic E-state index is 13.3. The maximum atomic E-state index is 13.3. The molecule has 0 bridgehead atoms. The third-order valence-corrected chi connectivity index (χ3v) is 6.42. The molecule has 5 nitrogen and oxygen atoms in total. The summed E-state index contributed by atoms with van der Waals surface area (Å²) < 4.78 is 65.7. The van der Waals surface area contributed by atoms with Gasteiger partial charge in [0.05, 0.1) is 15.5 Å². The van der Waals surface area contributed by atoms with Crippen LogP contribution in [0.2, 0.25) is 5.02 Å². The van der Waals surface area contributed by atoms with E-state index in [2.05, 4.69) is 0 Å². The Morgan fingerprint density at radius 2 is 1.59 bits per heavy atom. The number of nitrogens with zero attached hydrogens (tertiary/aromatic N) is 2. The van der Waals surface area contributed by atoms with Gasteiger partial charge in [-0.1, -0.05) is 11.6 Å². The zero-order chi connectivity index (χ0) is 19.8. The van der Waals surface area contributed by atoms with E-state index in [4.69, 9.17) is 11.6 Å². The fraction of sp³-hybridized carbons (Fsp3) is 0.235. The summed E-state index contributed by atoms with van der Waals surface area (Å²) in [5, 5.41) is -0.0307. The summed E-state index contributed by atoms with van der Waals surface area (Å²) in [5.41, 5.74) is 0.120. The van der Waals surface area contributed by atoms with E-state index in [0.29, 0.717) is 6.07 Å². The number of hydrogen-bond acceptors (Lipinski definition) is 3. The van der Waals surface area contributed by atoms with Crippen LogP contribution in [0.15, 0.2) is 41.3 Å². The van der Waals surface area contributed by atoms with Gasteiger partial charge in [0.25, 0.3) is 5.91 Å². The predicted octanol–water partition coefficient (Wildman–Crippen LogP) is 2.90. The zero-order valence-electron chi connectivity index (χ0n) is 13.8. The lowest BCUT2D eigenvalue weighted by atomic mass is 10.2. The van der Waals surface area contributed by atoms with Crippen molar-refractivity contribution in [3.8, 4) is 0 Å². The van der Waals surface area contributed by atoms with Crippen molar-refractivity contribution in [1.82, 2.24) is 9.21 Å². The van der Waals surface area contributed by atoms with Crippen molar-refractivity contribution in [1.29, 1.82) is 0 Å². The minimum atomic E-state index is -4.02. The highest BCUT2D eigenvalue weighted by atomic mass is 35.5. The van der Waals surface area contributed by atoms with Crippen LogP contribution in [0.3, 0.4) is 0 Å². The third-order valence-electron chi connectivity index (χ3n) is 4.22. The average molecular weight is 419 g/mol. The van der Waals surface area contributed by atoms with E-state index in [1.807, 2.05) is 0 Å². The van der Waals surface area contributed by atoms with Gasteiger partial charge in [0, 0.05) is 26.2 Å². The first kappa shape index (κ1) is 19.7. The Labute approximate surface area is 159 Å². The van der Waals surface area contributed by atoms with E-state index in [1.165, 1.54) is 11.0 Å². The monoisotopic (exact) mass is 418 g/mol. The van der Waals surface area contributed by atoms with E-state index in [0.717, 1.165) is 28.6 Å². The molecule has 1 saturated heterocycles. The van der Waals surface area contributed by atoms with E-state index in [9.17, 15) is 26.4 Å². The molecule has 0 spiro atoms. The summed E-state index contributed by atoms with van der Waals surface area (Å²) in [6.45, 7) is 0.114. The van der Waals surface area contributed by atoms with Crippen LogP contribution in [0.4, 0.5) is 13.2 Å².